The number of unbranched alkanes of at least 4 members (excludes halogenated alkanes) is 31. The van der Waals surface area contributed by atoms with Crippen molar-refractivity contribution in [2.45, 2.75) is 341 Å². The van der Waals surface area contributed by atoms with Gasteiger partial charge >= 0.3 is 39.5 Å². The molecule has 0 saturated carbocycles. The molecule has 5 atom stereocenters. The molecule has 5 unspecified atom stereocenters. The molecule has 0 rings (SSSR count). The summed E-state index contributed by atoms with van der Waals surface area (Å²) in [6.07, 6.45) is 70.2. The first-order chi connectivity index (χ1) is 46.7. The number of hydrogen-bond acceptors (Lipinski definition) is 15. The molecule has 96 heavy (non-hydrogen) atoms. The van der Waals surface area contributed by atoms with Gasteiger partial charge in [0.05, 0.1) is 26.4 Å². The summed E-state index contributed by atoms with van der Waals surface area (Å²) in [4.78, 5) is 72.7. The molecule has 0 fully saturated rings. The van der Waals surface area contributed by atoms with Crippen LogP contribution in [0.4, 0.5) is 0 Å². The quantitative estimate of drug-likeness (QED) is 0.0169. The molecule has 0 saturated heterocycles. The summed E-state index contributed by atoms with van der Waals surface area (Å²) in [5, 5.41) is 10.6. The Labute approximate surface area is 583 Å². The van der Waals surface area contributed by atoms with E-state index >= 15 is 0 Å². The lowest BCUT2D eigenvalue weighted by atomic mass is 10.0. The SMILES string of the molecule is CC/C=C\C/C=C\C/C=C\C/C=C\C/C=C\CCCC(=O)OCC(COP(=O)(O)OCC(O)COP(=O)(O)OCC(COC(=O)CCCCCCCCCCCCCCCCC)OC(=O)CCCCCCC/C=C\CCCC)OC(=O)CCCCCCC/C=C\CCCCCC. The molecule has 0 aliphatic carbocycles. The number of rotatable bonds is 71. The maximum atomic E-state index is 13.1. The van der Waals surface area contributed by atoms with Gasteiger partial charge in [-0.25, -0.2) is 9.13 Å². The van der Waals surface area contributed by atoms with E-state index in [0.717, 1.165) is 128 Å². The normalized spacial score (nSPS) is 14.4. The summed E-state index contributed by atoms with van der Waals surface area (Å²) < 4.78 is 68.3. The van der Waals surface area contributed by atoms with Crippen LogP contribution in [0.2, 0.25) is 0 Å². The molecule has 0 aromatic heterocycles. The molecule has 0 heterocycles. The van der Waals surface area contributed by atoms with E-state index in [0.29, 0.717) is 32.1 Å². The molecule has 19 heteroatoms. The van der Waals surface area contributed by atoms with Crippen molar-refractivity contribution in [2.24, 2.45) is 0 Å². The Kier molecular flexibility index (Phi) is 67.0. The molecule has 556 valence electrons. The van der Waals surface area contributed by atoms with Crippen LogP contribution >= 0.6 is 15.6 Å². The molecule has 0 radical (unpaired) electrons. The lowest BCUT2D eigenvalue weighted by Crippen LogP contribution is -2.30. The van der Waals surface area contributed by atoms with Gasteiger partial charge in [-0.2, -0.15) is 0 Å². The van der Waals surface area contributed by atoms with Crippen LogP contribution in [-0.2, 0) is 65.4 Å². The van der Waals surface area contributed by atoms with Crippen LogP contribution in [0.3, 0.4) is 0 Å². The predicted molar refractivity (Wildman–Crippen MR) is 390 cm³/mol. The molecule has 0 bridgehead atoms. The molecule has 0 spiro atoms. The van der Waals surface area contributed by atoms with Crippen LogP contribution in [0.5, 0.6) is 0 Å². The van der Waals surface area contributed by atoms with E-state index < -0.39 is 97.5 Å². The molecule has 0 amide bonds. The van der Waals surface area contributed by atoms with Gasteiger partial charge in [0.2, 0.25) is 0 Å². The number of carbonyl (C=O) groups is 4. The summed E-state index contributed by atoms with van der Waals surface area (Å²) >= 11 is 0. The highest BCUT2D eigenvalue weighted by Crippen LogP contribution is 2.45. The zero-order valence-corrected chi connectivity index (χ0v) is 62.3. The molecular formula is C77H136O17P2. The van der Waals surface area contributed by atoms with Crippen molar-refractivity contribution in [3.05, 3.63) is 85.1 Å². The van der Waals surface area contributed by atoms with Crippen LogP contribution in [0.25, 0.3) is 0 Å². The van der Waals surface area contributed by atoms with Gasteiger partial charge in [0.25, 0.3) is 0 Å². The minimum absolute atomic E-state index is 0.0736. The first kappa shape index (κ1) is 92.2. The Balaban J connectivity index is 5.35. The molecular weight excluding hydrogens is 1260 g/mol. The Hall–Kier alpha value is -3.76. The highest BCUT2D eigenvalue weighted by atomic mass is 31.2. The molecule has 0 aliphatic heterocycles. The third-order valence-corrected chi connectivity index (χ3v) is 17.7. The van der Waals surface area contributed by atoms with E-state index in [-0.39, 0.29) is 25.7 Å². The van der Waals surface area contributed by atoms with Crippen molar-refractivity contribution in [3.8, 4) is 0 Å². The molecule has 17 nitrogen and oxygen atoms in total. The van der Waals surface area contributed by atoms with Crippen molar-refractivity contribution in [3.63, 3.8) is 0 Å². The second-order valence-electron chi connectivity index (χ2n) is 25.2. The van der Waals surface area contributed by atoms with Crippen LogP contribution in [-0.4, -0.2) is 96.7 Å². The number of aliphatic hydroxyl groups excluding tert-OH is 1. The highest BCUT2D eigenvalue weighted by molar-refractivity contribution is 7.47. The number of aliphatic hydroxyl groups is 1. The number of esters is 4. The number of phosphoric ester groups is 2. The first-order valence-corrected chi connectivity index (χ1v) is 40.8. The zero-order valence-electron chi connectivity index (χ0n) is 60.5. The van der Waals surface area contributed by atoms with Gasteiger partial charge in [-0.05, 0) is 109 Å². The summed E-state index contributed by atoms with van der Waals surface area (Å²) in [5.41, 5.74) is 0. The third kappa shape index (κ3) is 68.8. The number of phosphoric acid groups is 2. The third-order valence-electron chi connectivity index (χ3n) is 15.8. The van der Waals surface area contributed by atoms with Gasteiger partial charge in [-0.15, -0.1) is 0 Å². The average Bonchev–Trinajstić information content (AvgIpc) is 1.17. The van der Waals surface area contributed by atoms with Crippen LogP contribution in [0.15, 0.2) is 85.1 Å². The second-order valence-corrected chi connectivity index (χ2v) is 28.1. The number of allylic oxidation sites excluding steroid dienone is 14. The van der Waals surface area contributed by atoms with E-state index in [9.17, 15) is 43.2 Å². The smallest absolute Gasteiger partial charge is 0.462 e. The fourth-order valence-electron chi connectivity index (χ4n) is 10.1. The van der Waals surface area contributed by atoms with Gasteiger partial charge in [-0.3, -0.25) is 37.3 Å². The number of hydrogen-bond donors (Lipinski definition) is 3. The summed E-state index contributed by atoms with van der Waals surface area (Å²) in [6, 6.07) is 0. The molecule has 3 N–H and O–H groups in total. The minimum Gasteiger partial charge on any atom is -0.462 e. The molecule has 0 aromatic rings. The Morgan fingerprint density at radius 3 is 0.927 bits per heavy atom. The first-order valence-electron chi connectivity index (χ1n) is 37.8. The minimum atomic E-state index is -4.98. The predicted octanol–water partition coefficient (Wildman–Crippen LogP) is 21.4. The summed E-state index contributed by atoms with van der Waals surface area (Å²) in [6.45, 7) is 4.65. The van der Waals surface area contributed by atoms with Gasteiger partial charge in [-0.1, -0.05) is 273 Å². The van der Waals surface area contributed by atoms with Crippen molar-refractivity contribution < 1.29 is 80.2 Å². The van der Waals surface area contributed by atoms with E-state index in [1.807, 2.05) is 12.2 Å². The monoisotopic (exact) mass is 1390 g/mol. The topological polar surface area (TPSA) is 237 Å². The maximum Gasteiger partial charge on any atom is 0.472 e. The summed E-state index contributed by atoms with van der Waals surface area (Å²) in [5.74, 6) is -2.24. The standard InChI is InChI=1S/C77H136O17P2/c1-5-9-13-17-21-25-29-32-34-35-37-40-43-46-50-54-58-62-75(80)88-68-73(94-77(82)64-60-56-52-48-44-38-31-27-23-19-15-11-7-3)70-92-96(85,86)90-66-71(78)65-89-95(83,84)91-69-72(93-76(81)63-59-55-51-47-41-28-24-20-16-12-8-4)67-87-74(79)61-57-53-49-45-42-39-36-33-30-26-22-18-14-10-6-2/h9,13,20-21,24-25,27,31-32,34,37,40,46,50,71-73,78H,5-8,10-12,14-19,22-23,26,28-30,33,35-36,38-39,41-45,47-49,51-70H2,1-4H3,(H,83,84)(H,85,86)/b13-9-,24-20-,25-21-,31-27-,34-32-,40-37-,50-46-. The van der Waals surface area contributed by atoms with E-state index in [1.54, 1.807) is 0 Å². The Morgan fingerprint density at radius 2 is 0.562 bits per heavy atom. The fraction of sp³-hybridized carbons (Fsp3) is 0.766. The Bertz CT molecular complexity index is 2160. The van der Waals surface area contributed by atoms with Gasteiger partial charge in [0, 0.05) is 25.7 Å². The number of carbonyl (C=O) groups excluding carboxylic acids is 4. The van der Waals surface area contributed by atoms with Crippen molar-refractivity contribution >= 4 is 39.5 Å². The second kappa shape index (κ2) is 69.7. The highest BCUT2D eigenvalue weighted by Gasteiger charge is 2.30. The van der Waals surface area contributed by atoms with Gasteiger partial charge in [0.15, 0.2) is 12.2 Å². The molecule has 0 aromatic carbocycles. The lowest BCUT2D eigenvalue weighted by molar-refractivity contribution is -0.161. The summed E-state index contributed by atoms with van der Waals surface area (Å²) in [7, 11) is -9.95. The van der Waals surface area contributed by atoms with Crippen molar-refractivity contribution in [1.29, 1.82) is 0 Å². The van der Waals surface area contributed by atoms with Crippen molar-refractivity contribution in [1.82, 2.24) is 0 Å². The largest absolute Gasteiger partial charge is 0.472 e. The zero-order chi connectivity index (χ0) is 70.4. The van der Waals surface area contributed by atoms with E-state index in [4.69, 9.17) is 37.0 Å². The van der Waals surface area contributed by atoms with Gasteiger partial charge < -0.3 is 33.8 Å². The Morgan fingerprint density at radius 1 is 0.302 bits per heavy atom. The lowest BCUT2D eigenvalue weighted by Gasteiger charge is -2.21. The van der Waals surface area contributed by atoms with E-state index in [1.165, 1.54) is 109 Å². The van der Waals surface area contributed by atoms with Crippen molar-refractivity contribution in [2.75, 3.05) is 39.6 Å². The van der Waals surface area contributed by atoms with E-state index in [2.05, 4.69) is 101 Å². The van der Waals surface area contributed by atoms with Crippen LogP contribution < -0.4 is 0 Å². The van der Waals surface area contributed by atoms with Crippen LogP contribution in [0.1, 0.15) is 323 Å². The fourth-order valence-corrected chi connectivity index (χ4v) is 11.6. The average molecular weight is 1400 g/mol. The maximum absolute atomic E-state index is 13.1. The van der Waals surface area contributed by atoms with Crippen LogP contribution in [0, 0.1) is 0 Å². The number of ether oxygens (including phenoxy) is 4. The van der Waals surface area contributed by atoms with Gasteiger partial charge in [0.1, 0.15) is 19.3 Å². The molecule has 0 aliphatic rings.